The lowest BCUT2D eigenvalue weighted by Gasteiger charge is -2.04. The van der Waals surface area contributed by atoms with E-state index in [9.17, 15) is 4.79 Å². The molecular formula is C14H14INO2S. The minimum Gasteiger partial charge on any atom is -0.468 e. The Hall–Kier alpha value is -0.950. The second-order valence-corrected chi connectivity index (χ2v) is 6.25. The number of halogens is 1. The number of furan rings is 1. The van der Waals surface area contributed by atoms with Gasteiger partial charge in [-0.1, -0.05) is 0 Å². The molecule has 3 nitrogen and oxygen atoms in total. The maximum Gasteiger partial charge on any atom is 0.251 e. The van der Waals surface area contributed by atoms with Crippen LogP contribution >= 0.6 is 34.4 Å². The van der Waals surface area contributed by atoms with E-state index < -0.39 is 0 Å². The van der Waals surface area contributed by atoms with E-state index >= 15 is 0 Å². The van der Waals surface area contributed by atoms with Crippen LogP contribution in [0.3, 0.4) is 0 Å². The van der Waals surface area contributed by atoms with Crippen LogP contribution in [0.5, 0.6) is 0 Å². The zero-order valence-corrected chi connectivity index (χ0v) is 13.2. The molecule has 5 heteroatoms. The fourth-order valence-electron chi connectivity index (χ4n) is 1.51. The van der Waals surface area contributed by atoms with E-state index in [1.165, 1.54) is 0 Å². The molecule has 1 heterocycles. The fraction of sp³-hybridized carbons (Fsp3) is 0.214. The van der Waals surface area contributed by atoms with Gasteiger partial charge in [-0.3, -0.25) is 4.79 Å². The molecule has 0 atom stereocenters. The molecule has 0 saturated carbocycles. The van der Waals surface area contributed by atoms with Gasteiger partial charge in [0.25, 0.3) is 5.91 Å². The SMILES string of the molecule is O=C(NCCSCc1ccco1)c1ccc(I)cc1. The number of hydrogen-bond acceptors (Lipinski definition) is 3. The summed E-state index contributed by atoms with van der Waals surface area (Å²) in [7, 11) is 0. The van der Waals surface area contributed by atoms with Gasteiger partial charge in [0.15, 0.2) is 0 Å². The average molecular weight is 387 g/mol. The number of amides is 1. The molecule has 1 aromatic carbocycles. The van der Waals surface area contributed by atoms with E-state index in [-0.39, 0.29) is 5.91 Å². The van der Waals surface area contributed by atoms with Crippen LogP contribution in [0.1, 0.15) is 16.1 Å². The maximum atomic E-state index is 11.8. The van der Waals surface area contributed by atoms with Crippen molar-refractivity contribution in [3.8, 4) is 0 Å². The lowest BCUT2D eigenvalue weighted by molar-refractivity contribution is 0.0956. The van der Waals surface area contributed by atoms with Crippen LogP contribution in [0.15, 0.2) is 47.1 Å². The third kappa shape index (κ3) is 4.91. The first kappa shape index (κ1) is 14.5. The first-order valence-electron chi connectivity index (χ1n) is 5.89. The topological polar surface area (TPSA) is 42.2 Å². The third-order valence-corrected chi connectivity index (χ3v) is 4.16. The van der Waals surface area contributed by atoms with Crippen molar-refractivity contribution >= 4 is 40.3 Å². The van der Waals surface area contributed by atoms with E-state index in [0.29, 0.717) is 12.1 Å². The molecule has 1 aromatic heterocycles. The summed E-state index contributed by atoms with van der Waals surface area (Å²) < 4.78 is 6.36. The molecule has 0 aliphatic carbocycles. The molecular weight excluding hydrogens is 373 g/mol. The highest BCUT2D eigenvalue weighted by molar-refractivity contribution is 14.1. The molecule has 1 N–H and O–H groups in total. The minimum atomic E-state index is -0.0185. The van der Waals surface area contributed by atoms with E-state index in [1.807, 2.05) is 36.4 Å². The van der Waals surface area contributed by atoms with Crippen molar-refractivity contribution in [2.75, 3.05) is 12.3 Å². The first-order chi connectivity index (χ1) is 9.25. The molecule has 2 rings (SSSR count). The van der Waals surface area contributed by atoms with Gasteiger partial charge in [0, 0.05) is 21.4 Å². The maximum absolute atomic E-state index is 11.8. The summed E-state index contributed by atoms with van der Waals surface area (Å²) in [6, 6.07) is 11.4. The Balaban J connectivity index is 1.65. The van der Waals surface area contributed by atoms with Crippen molar-refractivity contribution in [3.63, 3.8) is 0 Å². The molecule has 0 unspecified atom stereocenters. The largest absolute Gasteiger partial charge is 0.468 e. The van der Waals surface area contributed by atoms with Crippen LogP contribution in [0.25, 0.3) is 0 Å². The van der Waals surface area contributed by atoms with Crippen molar-refractivity contribution < 1.29 is 9.21 Å². The van der Waals surface area contributed by atoms with Gasteiger partial charge < -0.3 is 9.73 Å². The molecule has 1 amide bonds. The Morgan fingerprint density at radius 1 is 1.26 bits per heavy atom. The second-order valence-electron chi connectivity index (χ2n) is 3.89. The molecule has 0 bridgehead atoms. The predicted octanol–water partition coefficient (Wildman–Crippen LogP) is 3.55. The van der Waals surface area contributed by atoms with Gasteiger partial charge in [0.05, 0.1) is 12.0 Å². The zero-order valence-electron chi connectivity index (χ0n) is 10.3. The number of carbonyl (C=O) groups excluding carboxylic acids is 1. The van der Waals surface area contributed by atoms with Crippen molar-refractivity contribution in [2.45, 2.75) is 5.75 Å². The highest BCUT2D eigenvalue weighted by Crippen LogP contribution is 2.11. The fourth-order valence-corrected chi connectivity index (χ4v) is 2.62. The quantitative estimate of drug-likeness (QED) is 0.609. The molecule has 2 aromatic rings. The normalized spacial score (nSPS) is 10.4. The van der Waals surface area contributed by atoms with Gasteiger partial charge in [-0.25, -0.2) is 0 Å². The Bertz CT molecular complexity index is 511. The monoisotopic (exact) mass is 387 g/mol. The second kappa shape index (κ2) is 7.59. The smallest absolute Gasteiger partial charge is 0.251 e. The molecule has 0 saturated heterocycles. The number of benzene rings is 1. The van der Waals surface area contributed by atoms with Gasteiger partial charge in [-0.05, 0) is 59.0 Å². The molecule has 0 aliphatic rings. The molecule has 0 spiro atoms. The first-order valence-corrected chi connectivity index (χ1v) is 8.13. The van der Waals surface area contributed by atoms with Crippen molar-refractivity contribution in [1.82, 2.24) is 5.32 Å². The third-order valence-electron chi connectivity index (χ3n) is 2.46. The van der Waals surface area contributed by atoms with E-state index in [4.69, 9.17) is 4.42 Å². The Kier molecular flexibility index (Phi) is 5.78. The Morgan fingerprint density at radius 2 is 2.05 bits per heavy atom. The zero-order chi connectivity index (χ0) is 13.5. The summed E-state index contributed by atoms with van der Waals surface area (Å²) in [5.41, 5.74) is 0.705. The Labute approximate surface area is 130 Å². The number of carbonyl (C=O) groups is 1. The summed E-state index contributed by atoms with van der Waals surface area (Å²) in [4.78, 5) is 11.8. The van der Waals surface area contributed by atoms with Gasteiger partial charge in [-0.15, -0.1) is 0 Å². The van der Waals surface area contributed by atoms with Crippen LogP contribution in [-0.2, 0) is 5.75 Å². The van der Waals surface area contributed by atoms with E-state index in [0.717, 1.165) is 20.8 Å². The van der Waals surface area contributed by atoms with Gasteiger partial charge in [0.1, 0.15) is 5.76 Å². The van der Waals surface area contributed by atoms with Crippen LogP contribution < -0.4 is 5.32 Å². The van der Waals surface area contributed by atoms with Crippen molar-refractivity contribution in [1.29, 1.82) is 0 Å². The number of nitrogens with one attached hydrogen (secondary N) is 1. The molecule has 100 valence electrons. The molecule has 19 heavy (non-hydrogen) atoms. The summed E-state index contributed by atoms with van der Waals surface area (Å²) in [6.45, 7) is 0.663. The molecule has 0 aliphatic heterocycles. The standard InChI is InChI=1S/C14H14INO2S/c15-12-5-3-11(4-6-12)14(17)16-7-9-19-10-13-2-1-8-18-13/h1-6,8H,7,9-10H2,(H,16,17). The summed E-state index contributed by atoms with van der Waals surface area (Å²) in [6.07, 6.45) is 1.68. The summed E-state index contributed by atoms with van der Waals surface area (Å²) in [5, 5.41) is 2.91. The van der Waals surface area contributed by atoms with Crippen molar-refractivity contribution in [2.24, 2.45) is 0 Å². The van der Waals surface area contributed by atoms with Gasteiger partial charge >= 0.3 is 0 Å². The minimum absolute atomic E-state index is 0.0185. The van der Waals surface area contributed by atoms with Crippen molar-refractivity contribution in [3.05, 3.63) is 57.6 Å². The predicted molar refractivity (Wildman–Crippen MR) is 86.4 cm³/mol. The van der Waals surface area contributed by atoms with E-state index in [1.54, 1.807) is 18.0 Å². The van der Waals surface area contributed by atoms with Gasteiger partial charge in [0.2, 0.25) is 0 Å². The van der Waals surface area contributed by atoms with Crippen LogP contribution in [-0.4, -0.2) is 18.2 Å². The molecule has 0 fully saturated rings. The van der Waals surface area contributed by atoms with Crippen LogP contribution in [0.2, 0.25) is 0 Å². The molecule has 0 radical (unpaired) electrons. The average Bonchev–Trinajstić information content (AvgIpc) is 2.92. The number of thioether (sulfide) groups is 1. The van der Waals surface area contributed by atoms with E-state index in [2.05, 4.69) is 27.9 Å². The lowest BCUT2D eigenvalue weighted by Crippen LogP contribution is -2.25. The van der Waals surface area contributed by atoms with Gasteiger partial charge in [-0.2, -0.15) is 11.8 Å². The number of rotatable bonds is 6. The number of hydrogen-bond donors (Lipinski definition) is 1. The summed E-state index contributed by atoms with van der Waals surface area (Å²) >= 11 is 3.96. The van der Waals surface area contributed by atoms with Crippen LogP contribution in [0.4, 0.5) is 0 Å². The summed E-state index contributed by atoms with van der Waals surface area (Å²) in [5.74, 6) is 2.66. The lowest BCUT2D eigenvalue weighted by atomic mass is 10.2. The van der Waals surface area contributed by atoms with Crippen LogP contribution in [0, 0.1) is 3.57 Å². The Morgan fingerprint density at radius 3 is 2.74 bits per heavy atom. The highest BCUT2D eigenvalue weighted by atomic mass is 127. The highest BCUT2D eigenvalue weighted by Gasteiger charge is 2.04.